The van der Waals surface area contributed by atoms with Crippen molar-refractivity contribution in [3.8, 4) is 0 Å². The number of carbonyl (C=O) groups is 2. The van der Waals surface area contributed by atoms with Crippen molar-refractivity contribution in [3.63, 3.8) is 0 Å². The first kappa shape index (κ1) is 20.6. The van der Waals surface area contributed by atoms with Crippen LogP contribution in [0.5, 0.6) is 0 Å². The number of aliphatic hydroxyl groups is 1. The third-order valence-corrected chi connectivity index (χ3v) is 5.97. The topological polar surface area (TPSA) is 103 Å². The fourth-order valence-corrected chi connectivity index (χ4v) is 4.30. The van der Waals surface area contributed by atoms with E-state index in [-0.39, 0.29) is 28.0 Å². The highest BCUT2D eigenvalue weighted by Gasteiger charge is 2.24. The van der Waals surface area contributed by atoms with Crippen LogP contribution in [0.3, 0.4) is 0 Å². The number of benzene rings is 2. The highest BCUT2D eigenvalue weighted by Crippen LogP contribution is 2.29. The summed E-state index contributed by atoms with van der Waals surface area (Å²) in [6.07, 6.45) is 1.83. The van der Waals surface area contributed by atoms with Crippen molar-refractivity contribution in [1.82, 2.24) is 3.97 Å². The van der Waals surface area contributed by atoms with Crippen molar-refractivity contribution in [3.05, 3.63) is 77.1 Å². The molecule has 7 nitrogen and oxygen atoms in total. The molecule has 0 aliphatic carbocycles. The minimum atomic E-state index is -4.00. The number of aromatic nitrogens is 1. The van der Waals surface area contributed by atoms with Crippen molar-refractivity contribution in [1.29, 1.82) is 0 Å². The van der Waals surface area contributed by atoms with Crippen LogP contribution >= 0.6 is 11.6 Å². The normalized spacial score (nSPS) is 12.1. The van der Waals surface area contributed by atoms with Gasteiger partial charge in [-0.2, -0.15) is 0 Å². The molecule has 0 fully saturated rings. The van der Waals surface area contributed by atoms with Gasteiger partial charge in [0.25, 0.3) is 10.0 Å². The van der Waals surface area contributed by atoms with E-state index in [0.29, 0.717) is 11.1 Å². The lowest BCUT2D eigenvalue weighted by atomic mass is 10.1. The highest BCUT2D eigenvalue weighted by atomic mass is 35.5. The van der Waals surface area contributed by atoms with Gasteiger partial charge in [0, 0.05) is 28.2 Å². The molecule has 2 aromatic carbocycles. The molecule has 0 aliphatic rings. The van der Waals surface area contributed by atoms with Crippen molar-refractivity contribution in [2.24, 2.45) is 0 Å². The number of esters is 1. The van der Waals surface area contributed by atoms with E-state index in [4.69, 9.17) is 11.6 Å². The Hall–Kier alpha value is -3.10. The average Bonchev–Trinajstić information content (AvgIpc) is 3.08. The lowest BCUT2D eigenvalue weighted by Gasteiger charge is -2.07. The number of halogens is 1. The van der Waals surface area contributed by atoms with Crippen molar-refractivity contribution in [2.75, 3.05) is 6.61 Å². The minimum absolute atomic E-state index is 0.0230. The molecular weight excluding hydrogens is 418 g/mol. The maximum Gasteiger partial charge on any atom is 0.373 e. The summed E-state index contributed by atoms with van der Waals surface area (Å²) in [5, 5.41) is 10.3. The first-order valence-electron chi connectivity index (χ1n) is 8.49. The van der Waals surface area contributed by atoms with Crippen LogP contribution in [0, 0.1) is 0 Å². The molecule has 1 N–H and O–H groups in total. The molecule has 9 heteroatoms. The van der Waals surface area contributed by atoms with Crippen LogP contribution in [-0.4, -0.2) is 35.9 Å². The molecule has 0 spiro atoms. The van der Waals surface area contributed by atoms with Gasteiger partial charge in [-0.15, -0.1) is 0 Å². The van der Waals surface area contributed by atoms with Crippen LogP contribution in [0.15, 0.2) is 71.5 Å². The van der Waals surface area contributed by atoms with Gasteiger partial charge in [0.1, 0.15) is 0 Å². The summed E-state index contributed by atoms with van der Waals surface area (Å²) in [5.41, 5.74) is 0.184. The Morgan fingerprint density at radius 3 is 2.52 bits per heavy atom. The summed E-state index contributed by atoms with van der Waals surface area (Å²) < 4.78 is 31.7. The van der Waals surface area contributed by atoms with Crippen LogP contribution in [0.25, 0.3) is 10.9 Å². The Labute approximate surface area is 171 Å². The fraction of sp³-hybridized carbons (Fsp3) is 0.100. The quantitative estimate of drug-likeness (QED) is 0.275. The highest BCUT2D eigenvalue weighted by molar-refractivity contribution is 7.90. The number of ketones is 1. The molecular formula is C20H16ClNO6S. The molecule has 0 saturated heterocycles. The Bertz CT molecular complexity index is 1230. The molecule has 0 amide bonds. The monoisotopic (exact) mass is 433 g/mol. The van der Waals surface area contributed by atoms with Gasteiger partial charge in [0.05, 0.1) is 17.0 Å². The van der Waals surface area contributed by atoms with Crippen LogP contribution in [0.1, 0.15) is 17.3 Å². The molecule has 0 bridgehead atoms. The van der Waals surface area contributed by atoms with E-state index >= 15 is 0 Å². The molecule has 3 aromatic rings. The minimum Gasteiger partial charge on any atom is -0.502 e. The number of fused-ring (bicyclic) bond motifs is 1. The van der Waals surface area contributed by atoms with Gasteiger partial charge in [0.15, 0.2) is 5.78 Å². The van der Waals surface area contributed by atoms with Crippen molar-refractivity contribution in [2.45, 2.75) is 11.8 Å². The molecule has 1 aromatic heterocycles. The molecule has 1 heterocycles. The van der Waals surface area contributed by atoms with Gasteiger partial charge in [-0.3, -0.25) is 4.79 Å². The average molecular weight is 434 g/mol. The summed E-state index contributed by atoms with van der Waals surface area (Å²) in [4.78, 5) is 24.3. The van der Waals surface area contributed by atoms with Crippen LogP contribution < -0.4 is 0 Å². The Morgan fingerprint density at radius 2 is 1.86 bits per heavy atom. The van der Waals surface area contributed by atoms with E-state index in [2.05, 4.69) is 4.74 Å². The second kappa shape index (κ2) is 8.10. The Morgan fingerprint density at radius 1 is 1.17 bits per heavy atom. The molecule has 0 radical (unpaired) electrons. The predicted molar refractivity (Wildman–Crippen MR) is 108 cm³/mol. The zero-order chi connectivity index (χ0) is 21.2. The zero-order valence-electron chi connectivity index (χ0n) is 15.2. The van der Waals surface area contributed by atoms with E-state index in [1.54, 1.807) is 25.1 Å². The fourth-order valence-electron chi connectivity index (χ4n) is 2.74. The number of hydrogen-bond donors (Lipinski definition) is 1. The summed E-state index contributed by atoms with van der Waals surface area (Å²) in [7, 11) is -4.00. The number of hydrogen-bond acceptors (Lipinski definition) is 6. The molecule has 0 saturated carbocycles. The SMILES string of the molecule is CCOC(=O)/C(O)=C/C(=O)c1cn(S(=O)(=O)c2ccccc2)c2ccc(Cl)cc12. The molecule has 3 rings (SSSR count). The number of allylic oxidation sites excluding steroid dienone is 1. The molecule has 29 heavy (non-hydrogen) atoms. The predicted octanol–water partition coefficient (Wildman–Crippen LogP) is 3.72. The number of nitrogens with zero attached hydrogens (tertiary/aromatic N) is 1. The summed E-state index contributed by atoms with van der Waals surface area (Å²) in [5.74, 6) is -2.71. The van der Waals surface area contributed by atoms with Gasteiger partial charge in [-0.05, 0) is 37.3 Å². The van der Waals surface area contributed by atoms with Gasteiger partial charge in [-0.25, -0.2) is 17.2 Å². The largest absolute Gasteiger partial charge is 0.502 e. The van der Waals surface area contributed by atoms with Crippen molar-refractivity contribution >= 4 is 44.3 Å². The number of aliphatic hydroxyl groups excluding tert-OH is 1. The molecule has 0 atom stereocenters. The zero-order valence-corrected chi connectivity index (χ0v) is 16.8. The van der Waals surface area contributed by atoms with Crippen molar-refractivity contribution < 1.29 is 27.9 Å². The third-order valence-electron chi connectivity index (χ3n) is 4.05. The second-order valence-electron chi connectivity index (χ2n) is 5.93. The van der Waals surface area contributed by atoms with E-state index in [9.17, 15) is 23.1 Å². The number of ether oxygens (including phenoxy) is 1. The maximum atomic E-state index is 13.1. The van der Waals surface area contributed by atoms with Gasteiger partial charge < -0.3 is 9.84 Å². The van der Waals surface area contributed by atoms with E-state index in [1.165, 1.54) is 30.3 Å². The Kier molecular flexibility index (Phi) is 5.76. The first-order chi connectivity index (χ1) is 13.8. The van der Waals surface area contributed by atoms with Gasteiger partial charge in [-0.1, -0.05) is 29.8 Å². The smallest absolute Gasteiger partial charge is 0.373 e. The van der Waals surface area contributed by atoms with E-state index in [0.717, 1.165) is 10.2 Å². The molecule has 150 valence electrons. The summed E-state index contributed by atoms with van der Waals surface area (Å²) in [6, 6.07) is 12.1. The molecule has 0 aliphatic heterocycles. The number of carbonyl (C=O) groups excluding carboxylic acids is 2. The van der Waals surface area contributed by atoms with E-state index < -0.39 is 27.5 Å². The lowest BCUT2D eigenvalue weighted by Crippen LogP contribution is -2.12. The third kappa shape index (κ3) is 4.03. The standard InChI is InChI=1S/C20H16ClNO6S/c1-2-28-20(25)19(24)11-18(23)16-12-22(17-9-8-13(21)10-15(16)17)29(26,27)14-6-4-3-5-7-14/h3-12,24H,2H2,1H3/b19-11-. The summed E-state index contributed by atoms with van der Waals surface area (Å²) in [6.45, 7) is 1.58. The molecule has 0 unspecified atom stereocenters. The van der Waals surface area contributed by atoms with Gasteiger partial charge in [0.2, 0.25) is 5.76 Å². The van der Waals surface area contributed by atoms with Crippen LogP contribution in [-0.2, 0) is 19.6 Å². The summed E-state index contributed by atoms with van der Waals surface area (Å²) >= 11 is 6.02. The van der Waals surface area contributed by atoms with Gasteiger partial charge >= 0.3 is 5.97 Å². The van der Waals surface area contributed by atoms with E-state index in [1.807, 2.05) is 0 Å². The lowest BCUT2D eigenvalue weighted by molar-refractivity contribution is -0.141. The second-order valence-corrected chi connectivity index (χ2v) is 8.18. The maximum absolute atomic E-state index is 13.1. The van der Waals surface area contributed by atoms with Crippen LogP contribution in [0.4, 0.5) is 0 Å². The first-order valence-corrected chi connectivity index (χ1v) is 10.3. The van der Waals surface area contributed by atoms with Crippen LogP contribution in [0.2, 0.25) is 5.02 Å². The Balaban J connectivity index is 2.18. The number of rotatable bonds is 6.